The fourth-order valence-electron chi connectivity index (χ4n) is 4.32. The van der Waals surface area contributed by atoms with Crippen LogP contribution in [-0.2, 0) is 6.42 Å². The first-order chi connectivity index (χ1) is 9.95. The summed E-state index contributed by atoms with van der Waals surface area (Å²) in [5, 5.41) is 4.09. The van der Waals surface area contributed by atoms with Crippen molar-refractivity contribution in [1.29, 1.82) is 0 Å². The molecule has 21 heavy (non-hydrogen) atoms. The number of thiophene rings is 1. The van der Waals surface area contributed by atoms with E-state index in [4.69, 9.17) is 0 Å². The molecule has 3 unspecified atom stereocenters. The molecular formula is C18H28INS. The van der Waals surface area contributed by atoms with E-state index in [0.717, 1.165) is 5.92 Å². The third-order valence-corrected chi connectivity index (χ3v) is 7.35. The molecule has 0 amide bonds. The molecule has 3 heteroatoms. The van der Waals surface area contributed by atoms with Crippen LogP contribution in [0.15, 0.2) is 6.07 Å². The van der Waals surface area contributed by atoms with Gasteiger partial charge in [0.15, 0.2) is 0 Å². The molecule has 1 heterocycles. The maximum absolute atomic E-state index is 4.09. The molecule has 1 N–H and O–H groups in total. The molecule has 1 aromatic heterocycles. The lowest BCUT2D eigenvalue weighted by molar-refractivity contribution is 0.121. The Hall–Kier alpha value is 0.390. The molecule has 118 valence electrons. The van der Waals surface area contributed by atoms with E-state index in [0.29, 0.717) is 17.5 Å². The first kappa shape index (κ1) is 16.3. The van der Waals surface area contributed by atoms with E-state index in [1.165, 1.54) is 47.8 Å². The minimum absolute atomic E-state index is 0.429. The minimum atomic E-state index is 0.429. The molecule has 0 spiro atoms. The highest BCUT2D eigenvalue weighted by Gasteiger charge is 2.36. The fraction of sp³-hybridized carbons (Fsp3) is 0.778. The predicted octanol–water partition coefficient (Wildman–Crippen LogP) is 5.92. The molecule has 0 radical (unpaired) electrons. The SMILES string of the molecule is CC(C)(C)C1CCCCC1NC1CCCc2sc(I)cc21. The van der Waals surface area contributed by atoms with Crippen LogP contribution < -0.4 is 5.32 Å². The highest BCUT2D eigenvalue weighted by molar-refractivity contribution is 14.1. The summed E-state index contributed by atoms with van der Waals surface area (Å²) in [6, 6.07) is 3.76. The van der Waals surface area contributed by atoms with E-state index >= 15 is 0 Å². The number of aryl methyl sites for hydroxylation is 1. The molecule has 1 fully saturated rings. The van der Waals surface area contributed by atoms with Gasteiger partial charge in [-0.2, -0.15) is 0 Å². The molecule has 0 aliphatic heterocycles. The first-order valence-corrected chi connectivity index (χ1v) is 10.4. The number of nitrogens with one attached hydrogen (secondary N) is 1. The standard InChI is InChI=1S/C18H28INS/c1-18(2,3)13-7-4-5-8-15(13)20-14-9-6-10-16-12(14)11-17(19)21-16/h11,13-15,20H,4-10H2,1-3H3. The van der Waals surface area contributed by atoms with Gasteiger partial charge in [-0.3, -0.25) is 0 Å². The Morgan fingerprint density at radius 2 is 1.90 bits per heavy atom. The topological polar surface area (TPSA) is 12.0 Å². The Balaban J connectivity index is 1.76. The molecule has 3 atom stereocenters. The van der Waals surface area contributed by atoms with Crippen molar-refractivity contribution >= 4 is 33.9 Å². The predicted molar refractivity (Wildman–Crippen MR) is 101 cm³/mol. The zero-order chi connectivity index (χ0) is 15.0. The normalized spacial score (nSPS) is 30.2. The third kappa shape index (κ3) is 3.66. The lowest BCUT2D eigenvalue weighted by Gasteiger charge is -2.43. The van der Waals surface area contributed by atoms with Crippen LogP contribution in [0.4, 0.5) is 0 Å². The third-order valence-electron chi connectivity index (χ3n) is 5.38. The van der Waals surface area contributed by atoms with Crippen molar-refractivity contribution < 1.29 is 0 Å². The van der Waals surface area contributed by atoms with Gasteiger partial charge in [-0.25, -0.2) is 0 Å². The van der Waals surface area contributed by atoms with Crippen LogP contribution in [0.2, 0.25) is 0 Å². The number of hydrogen-bond donors (Lipinski definition) is 1. The Labute approximate surface area is 147 Å². The molecule has 0 saturated heterocycles. The van der Waals surface area contributed by atoms with Crippen molar-refractivity contribution in [2.45, 2.75) is 77.8 Å². The van der Waals surface area contributed by atoms with Gasteiger partial charge in [-0.15, -0.1) is 11.3 Å². The zero-order valence-corrected chi connectivity index (χ0v) is 16.5. The summed E-state index contributed by atoms with van der Waals surface area (Å²) in [5.41, 5.74) is 2.05. The van der Waals surface area contributed by atoms with Crippen LogP contribution in [0.3, 0.4) is 0 Å². The van der Waals surface area contributed by atoms with Crippen LogP contribution in [-0.4, -0.2) is 6.04 Å². The van der Waals surface area contributed by atoms with E-state index < -0.39 is 0 Å². The van der Waals surface area contributed by atoms with Gasteiger partial charge in [0.2, 0.25) is 0 Å². The Morgan fingerprint density at radius 1 is 1.14 bits per heavy atom. The van der Waals surface area contributed by atoms with Gasteiger partial charge in [-0.05, 0) is 77.7 Å². The number of rotatable bonds is 2. The smallest absolute Gasteiger partial charge is 0.0659 e. The fourth-order valence-corrected chi connectivity index (χ4v) is 6.44. The maximum atomic E-state index is 4.09. The molecular weight excluding hydrogens is 389 g/mol. The number of halogens is 1. The quantitative estimate of drug-likeness (QED) is 0.589. The van der Waals surface area contributed by atoms with Gasteiger partial charge in [-0.1, -0.05) is 33.6 Å². The van der Waals surface area contributed by atoms with Crippen molar-refractivity contribution in [2.75, 3.05) is 0 Å². The monoisotopic (exact) mass is 417 g/mol. The molecule has 2 aliphatic rings. The highest BCUT2D eigenvalue weighted by Crippen LogP contribution is 2.41. The van der Waals surface area contributed by atoms with Crippen LogP contribution in [0, 0.1) is 14.2 Å². The van der Waals surface area contributed by atoms with Crippen LogP contribution >= 0.6 is 33.9 Å². The Kier molecular flexibility index (Phi) is 5.02. The van der Waals surface area contributed by atoms with Crippen LogP contribution in [0.5, 0.6) is 0 Å². The Morgan fingerprint density at radius 3 is 2.67 bits per heavy atom. The molecule has 1 saturated carbocycles. The van der Waals surface area contributed by atoms with Gasteiger partial charge >= 0.3 is 0 Å². The van der Waals surface area contributed by atoms with Gasteiger partial charge < -0.3 is 5.32 Å². The maximum Gasteiger partial charge on any atom is 0.0659 e. The molecule has 3 rings (SSSR count). The average Bonchev–Trinajstić information content (AvgIpc) is 2.79. The summed E-state index contributed by atoms with van der Waals surface area (Å²) in [5.74, 6) is 0.828. The summed E-state index contributed by atoms with van der Waals surface area (Å²) in [6.45, 7) is 7.28. The van der Waals surface area contributed by atoms with E-state index in [1.54, 1.807) is 10.4 Å². The van der Waals surface area contributed by atoms with E-state index in [-0.39, 0.29) is 0 Å². The van der Waals surface area contributed by atoms with E-state index in [2.05, 4.69) is 54.7 Å². The molecule has 1 nitrogen and oxygen atoms in total. The van der Waals surface area contributed by atoms with Gasteiger partial charge in [0.25, 0.3) is 0 Å². The molecule has 2 aliphatic carbocycles. The van der Waals surface area contributed by atoms with E-state index in [1.807, 2.05) is 11.3 Å². The van der Waals surface area contributed by atoms with Crippen LogP contribution in [0.1, 0.15) is 75.8 Å². The van der Waals surface area contributed by atoms with Gasteiger partial charge in [0, 0.05) is 17.0 Å². The van der Waals surface area contributed by atoms with Crippen molar-refractivity contribution in [1.82, 2.24) is 5.32 Å². The van der Waals surface area contributed by atoms with Crippen LogP contribution in [0.25, 0.3) is 0 Å². The second kappa shape index (κ2) is 6.48. The second-order valence-corrected chi connectivity index (χ2v) is 10.9. The minimum Gasteiger partial charge on any atom is -0.307 e. The number of fused-ring (bicyclic) bond motifs is 1. The molecule has 1 aromatic rings. The number of hydrogen-bond acceptors (Lipinski definition) is 2. The lowest BCUT2D eigenvalue weighted by atomic mass is 9.69. The highest BCUT2D eigenvalue weighted by atomic mass is 127. The zero-order valence-electron chi connectivity index (χ0n) is 13.5. The summed E-state index contributed by atoms with van der Waals surface area (Å²) in [7, 11) is 0. The van der Waals surface area contributed by atoms with E-state index in [9.17, 15) is 0 Å². The summed E-state index contributed by atoms with van der Waals surface area (Å²) >= 11 is 4.50. The Bertz CT molecular complexity index is 488. The van der Waals surface area contributed by atoms with Crippen molar-refractivity contribution in [3.05, 3.63) is 19.4 Å². The summed E-state index contributed by atoms with van der Waals surface area (Å²) < 4.78 is 1.46. The largest absolute Gasteiger partial charge is 0.307 e. The van der Waals surface area contributed by atoms with Gasteiger partial charge in [0.05, 0.1) is 2.88 Å². The molecule has 0 aromatic carbocycles. The second-order valence-electron chi connectivity index (χ2n) is 7.90. The van der Waals surface area contributed by atoms with Crippen molar-refractivity contribution in [3.8, 4) is 0 Å². The summed E-state index contributed by atoms with van der Waals surface area (Å²) in [6.07, 6.45) is 9.59. The van der Waals surface area contributed by atoms with Gasteiger partial charge in [0.1, 0.15) is 0 Å². The molecule has 0 bridgehead atoms. The van der Waals surface area contributed by atoms with Crippen molar-refractivity contribution in [2.24, 2.45) is 11.3 Å². The lowest BCUT2D eigenvalue weighted by Crippen LogP contribution is -2.46. The average molecular weight is 417 g/mol. The summed E-state index contributed by atoms with van der Waals surface area (Å²) in [4.78, 5) is 1.64. The first-order valence-electron chi connectivity index (χ1n) is 8.49. The van der Waals surface area contributed by atoms with Crippen molar-refractivity contribution in [3.63, 3.8) is 0 Å².